The van der Waals surface area contributed by atoms with E-state index in [-0.39, 0.29) is 5.92 Å². The van der Waals surface area contributed by atoms with Gasteiger partial charge in [-0.25, -0.2) is 9.07 Å². The number of aliphatic hydroxyl groups excluding tert-OH is 1. The fourth-order valence-corrected chi connectivity index (χ4v) is 1.15. The number of hydrogen-bond acceptors (Lipinski definition) is 3. The van der Waals surface area contributed by atoms with Crippen LogP contribution < -0.4 is 5.73 Å². The summed E-state index contributed by atoms with van der Waals surface area (Å²) in [7, 11) is 0. The lowest BCUT2D eigenvalue weighted by molar-refractivity contribution is 0.0443. The van der Waals surface area contributed by atoms with Gasteiger partial charge in [-0.2, -0.15) is 5.10 Å². The molecule has 1 atom stereocenters. The predicted molar refractivity (Wildman–Crippen MR) is 51.0 cm³/mol. The summed E-state index contributed by atoms with van der Waals surface area (Å²) in [6.07, 6.45) is 0.815. The monoisotopic (exact) mass is 201 g/mol. The fourth-order valence-electron chi connectivity index (χ4n) is 1.15. The summed E-state index contributed by atoms with van der Waals surface area (Å²) in [5.41, 5.74) is 5.61. The van der Waals surface area contributed by atoms with E-state index < -0.39 is 12.0 Å². The number of nitrogens with two attached hydrogens (primary N) is 1. The molecule has 0 spiro atoms. The van der Waals surface area contributed by atoms with Crippen molar-refractivity contribution in [2.24, 2.45) is 11.7 Å². The number of halogens is 1. The maximum Gasteiger partial charge on any atom is 0.164 e. The van der Waals surface area contributed by atoms with Crippen LogP contribution in [0.1, 0.15) is 25.8 Å². The highest BCUT2D eigenvalue weighted by Crippen LogP contribution is 2.15. The van der Waals surface area contributed by atoms with Crippen molar-refractivity contribution < 1.29 is 9.50 Å². The molecular formula is C9H16FN3O. The first-order valence-corrected chi connectivity index (χ1v) is 4.68. The van der Waals surface area contributed by atoms with Gasteiger partial charge in [0.05, 0.1) is 11.9 Å². The highest BCUT2D eigenvalue weighted by Gasteiger charge is 2.15. The lowest BCUT2D eigenvalue weighted by Gasteiger charge is -2.14. The molecule has 0 aliphatic carbocycles. The van der Waals surface area contributed by atoms with Crippen LogP contribution in [0.2, 0.25) is 0 Å². The second-order valence-corrected chi connectivity index (χ2v) is 3.60. The van der Waals surface area contributed by atoms with E-state index in [1.165, 1.54) is 10.9 Å². The van der Waals surface area contributed by atoms with E-state index in [9.17, 15) is 9.50 Å². The minimum atomic E-state index is -0.781. The summed E-state index contributed by atoms with van der Waals surface area (Å²) in [6, 6.07) is 0. The van der Waals surface area contributed by atoms with Crippen LogP contribution in [0.25, 0.3) is 0 Å². The van der Waals surface area contributed by atoms with Crippen LogP contribution in [-0.4, -0.2) is 21.4 Å². The Bertz CT molecular complexity index is 298. The molecule has 3 N–H and O–H groups in total. The fraction of sp³-hybridized carbons (Fsp3) is 0.667. The van der Waals surface area contributed by atoms with Crippen LogP contribution in [0, 0.1) is 11.7 Å². The summed E-state index contributed by atoms with van der Waals surface area (Å²) in [5.74, 6) is -0.407. The first-order chi connectivity index (χ1) is 6.56. The third-order valence-corrected chi connectivity index (χ3v) is 2.01. The molecule has 0 saturated carbocycles. The summed E-state index contributed by atoms with van der Waals surface area (Å²) >= 11 is 0. The standard InChI is InChI=1S/C9H16FN3O/c1-6(2)9(14)13-5-7(10)8(12-13)3-4-11/h5-6,9,14H,3-4,11H2,1-2H3. The average molecular weight is 201 g/mol. The number of rotatable bonds is 4. The summed E-state index contributed by atoms with van der Waals surface area (Å²) in [6.45, 7) is 4.03. The van der Waals surface area contributed by atoms with E-state index in [4.69, 9.17) is 5.73 Å². The lowest BCUT2D eigenvalue weighted by atomic mass is 10.2. The van der Waals surface area contributed by atoms with Gasteiger partial charge in [-0.1, -0.05) is 13.8 Å². The third kappa shape index (κ3) is 2.30. The summed E-state index contributed by atoms with van der Waals surface area (Å²) in [5, 5.41) is 13.5. The Labute approximate surface area is 82.5 Å². The van der Waals surface area contributed by atoms with Gasteiger partial charge in [0.25, 0.3) is 0 Å². The van der Waals surface area contributed by atoms with Gasteiger partial charge in [-0.3, -0.25) is 0 Å². The molecule has 1 aromatic rings. The zero-order chi connectivity index (χ0) is 10.7. The molecule has 0 radical (unpaired) electrons. The quantitative estimate of drug-likeness (QED) is 0.752. The van der Waals surface area contributed by atoms with Gasteiger partial charge in [-0.15, -0.1) is 0 Å². The Hall–Kier alpha value is -0.940. The summed E-state index contributed by atoms with van der Waals surface area (Å²) < 4.78 is 14.4. The van der Waals surface area contributed by atoms with Crippen LogP contribution in [0.15, 0.2) is 6.20 Å². The Morgan fingerprint density at radius 3 is 2.79 bits per heavy atom. The molecule has 1 unspecified atom stereocenters. The van der Waals surface area contributed by atoms with Crippen molar-refractivity contribution in [1.29, 1.82) is 0 Å². The Balaban J connectivity index is 2.84. The highest BCUT2D eigenvalue weighted by atomic mass is 19.1. The minimum absolute atomic E-state index is 0.0000246. The largest absolute Gasteiger partial charge is 0.371 e. The van der Waals surface area contributed by atoms with E-state index in [2.05, 4.69) is 5.10 Å². The molecular weight excluding hydrogens is 185 g/mol. The molecule has 1 rings (SSSR count). The van der Waals surface area contributed by atoms with Gasteiger partial charge in [-0.05, 0) is 12.5 Å². The van der Waals surface area contributed by atoms with Crippen molar-refractivity contribution in [2.75, 3.05) is 6.54 Å². The lowest BCUT2D eigenvalue weighted by Crippen LogP contribution is -2.15. The third-order valence-electron chi connectivity index (χ3n) is 2.01. The van der Waals surface area contributed by atoms with Crippen molar-refractivity contribution in [2.45, 2.75) is 26.5 Å². The average Bonchev–Trinajstić information content (AvgIpc) is 2.47. The second-order valence-electron chi connectivity index (χ2n) is 3.60. The first-order valence-electron chi connectivity index (χ1n) is 4.68. The second kappa shape index (κ2) is 4.52. The van der Waals surface area contributed by atoms with Crippen molar-refractivity contribution in [3.8, 4) is 0 Å². The predicted octanol–water partition coefficient (Wildman–Crippen LogP) is 0.670. The van der Waals surface area contributed by atoms with Gasteiger partial charge in [0.2, 0.25) is 0 Å². The maximum absolute atomic E-state index is 13.2. The molecule has 0 aliphatic rings. The first kappa shape index (κ1) is 11.1. The van der Waals surface area contributed by atoms with Gasteiger partial charge >= 0.3 is 0 Å². The van der Waals surface area contributed by atoms with Crippen LogP contribution in [-0.2, 0) is 6.42 Å². The Morgan fingerprint density at radius 2 is 2.29 bits per heavy atom. The van der Waals surface area contributed by atoms with Crippen LogP contribution in [0.3, 0.4) is 0 Å². The van der Waals surface area contributed by atoms with Crippen molar-refractivity contribution in [3.63, 3.8) is 0 Å². The van der Waals surface area contributed by atoms with Gasteiger partial charge < -0.3 is 10.8 Å². The number of hydrogen-bond donors (Lipinski definition) is 2. The molecule has 1 aromatic heterocycles. The molecule has 0 aromatic carbocycles. The molecule has 0 amide bonds. The van der Waals surface area contributed by atoms with Crippen LogP contribution in [0.4, 0.5) is 4.39 Å². The Kier molecular flexibility index (Phi) is 3.60. The number of aromatic nitrogens is 2. The number of aliphatic hydroxyl groups is 1. The molecule has 14 heavy (non-hydrogen) atoms. The minimum Gasteiger partial charge on any atom is -0.371 e. The molecule has 1 heterocycles. The van der Waals surface area contributed by atoms with Gasteiger partial charge in [0.15, 0.2) is 5.82 Å². The topological polar surface area (TPSA) is 64.1 Å². The van der Waals surface area contributed by atoms with Crippen LogP contribution >= 0.6 is 0 Å². The SMILES string of the molecule is CC(C)C(O)n1cc(F)c(CCN)n1. The molecule has 80 valence electrons. The van der Waals surface area contributed by atoms with Gasteiger partial charge in [0.1, 0.15) is 6.23 Å². The van der Waals surface area contributed by atoms with Gasteiger partial charge in [0, 0.05) is 6.42 Å². The molecule has 0 bridgehead atoms. The van der Waals surface area contributed by atoms with Crippen molar-refractivity contribution in [1.82, 2.24) is 9.78 Å². The number of nitrogens with zero attached hydrogens (tertiary/aromatic N) is 2. The Morgan fingerprint density at radius 1 is 1.64 bits per heavy atom. The van der Waals surface area contributed by atoms with E-state index >= 15 is 0 Å². The maximum atomic E-state index is 13.2. The van der Waals surface area contributed by atoms with E-state index in [0.717, 1.165) is 0 Å². The molecule has 0 saturated heterocycles. The van der Waals surface area contributed by atoms with E-state index in [0.29, 0.717) is 18.7 Å². The van der Waals surface area contributed by atoms with Crippen LogP contribution in [0.5, 0.6) is 0 Å². The zero-order valence-electron chi connectivity index (χ0n) is 8.44. The molecule has 5 heteroatoms. The van der Waals surface area contributed by atoms with Crippen molar-refractivity contribution >= 4 is 0 Å². The normalized spacial score (nSPS) is 13.6. The van der Waals surface area contributed by atoms with E-state index in [1.807, 2.05) is 13.8 Å². The molecule has 0 fully saturated rings. The molecule has 0 aliphatic heterocycles. The smallest absolute Gasteiger partial charge is 0.164 e. The van der Waals surface area contributed by atoms with Crippen molar-refractivity contribution in [3.05, 3.63) is 17.7 Å². The van der Waals surface area contributed by atoms with E-state index in [1.54, 1.807) is 0 Å². The summed E-state index contributed by atoms with van der Waals surface area (Å²) in [4.78, 5) is 0. The highest BCUT2D eigenvalue weighted by molar-refractivity contribution is 5.03. The zero-order valence-corrected chi connectivity index (χ0v) is 8.44. The molecule has 4 nitrogen and oxygen atoms in total.